The van der Waals surface area contributed by atoms with Crippen molar-refractivity contribution < 1.29 is 9.13 Å². The minimum atomic E-state index is -0.192. The molecule has 2 aliphatic rings. The molecule has 0 amide bonds. The van der Waals surface area contributed by atoms with Gasteiger partial charge in [-0.05, 0) is 35.7 Å². The van der Waals surface area contributed by atoms with Crippen molar-refractivity contribution in [3.8, 4) is 0 Å². The number of hydrogen-bond acceptors (Lipinski definition) is 5. The van der Waals surface area contributed by atoms with E-state index in [9.17, 15) is 4.39 Å². The zero-order chi connectivity index (χ0) is 20.8. The molecule has 3 heterocycles. The van der Waals surface area contributed by atoms with Crippen LogP contribution in [0.5, 0.6) is 0 Å². The largest absolute Gasteiger partial charge is 0.379 e. The van der Waals surface area contributed by atoms with Crippen molar-refractivity contribution in [3.63, 3.8) is 0 Å². The molecular formula is C22H30FN5OS. The maximum absolute atomic E-state index is 13.2. The quantitative estimate of drug-likeness (QED) is 0.583. The van der Waals surface area contributed by atoms with Crippen LogP contribution in [0.2, 0.25) is 0 Å². The normalized spacial score (nSPS) is 19.7. The van der Waals surface area contributed by atoms with Gasteiger partial charge in [0.1, 0.15) is 5.82 Å². The number of aliphatic imine (C=N–C) groups is 1. The fourth-order valence-electron chi connectivity index (χ4n) is 4.13. The van der Waals surface area contributed by atoms with Crippen LogP contribution in [0.3, 0.4) is 0 Å². The Labute approximate surface area is 182 Å². The summed E-state index contributed by atoms with van der Waals surface area (Å²) < 4.78 is 18.7. The van der Waals surface area contributed by atoms with Crippen LogP contribution in [0.15, 0.2) is 46.8 Å². The number of guanidine groups is 1. The number of nitrogens with one attached hydrogen (secondary N) is 1. The molecule has 8 heteroatoms. The number of hydrogen-bond donors (Lipinski definition) is 1. The second kappa shape index (κ2) is 10.2. The maximum Gasteiger partial charge on any atom is 0.193 e. The standard InChI is InChI=1S/C22H30FN5OS/c1-24-22(28-10-8-26(9-11-28)19-6-4-18(23)5-7-19)25-17-20(21-3-2-16-30-21)27-12-14-29-15-13-27/h2-7,16,20H,8-15,17H2,1H3,(H,24,25). The van der Waals surface area contributed by atoms with E-state index in [0.29, 0.717) is 6.04 Å². The molecule has 2 aliphatic heterocycles. The Hall–Kier alpha value is -2.16. The van der Waals surface area contributed by atoms with Crippen LogP contribution < -0.4 is 10.2 Å². The van der Waals surface area contributed by atoms with Gasteiger partial charge in [-0.1, -0.05) is 6.07 Å². The lowest BCUT2D eigenvalue weighted by atomic mass is 10.2. The van der Waals surface area contributed by atoms with E-state index in [4.69, 9.17) is 4.74 Å². The van der Waals surface area contributed by atoms with Gasteiger partial charge in [0.05, 0.1) is 19.3 Å². The minimum absolute atomic E-state index is 0.192. The summed E-state index contributed by atoms with van der Waals surface area (Å²) in [6.07, 6.45) is 0. The minimum Gasteiger partial charge on any atom is -0.379 e. The Bertz CT molecular complexity index is 799. The zero-order valence-corrected chi connectivity index (χ0v) is 18.3. The number of anilines is 1. The highest BCUT2D eigenvalue weighted by Gasteiger charge is 2.25. The molecule has 1 aromatic heterocycles. The summed E-state index contributed by atoms with van der Waals surface area (Å²) in [6.45, 7) is 7.89. The van der Waals surface area contributed by atoms with Gasteiger partial charge in [0.15, 0.2) is 5.96 Å². The van der Waals surface area contributed by atoms with Crippen molar-refractivity contribution in [2.75, 3.05) is 71.0 Å². The van der Waals surface area contributed by atoms with Gasteiger partial charge in [0.2, 0.25) is 0 Å². The van der Waals surface area contributed by atoms with Gasteiger partial charge >= 0.3 is 0 Å². The average molecular weight is 432 g/mol. The Balaban J connectivity index is 1.34. The van der Waals surface area contributed by atoms with Crippen molar-refractivity contribution in [2.24, 2.45) is 4.99 Å². The molecule has 2 fully saturated rings. The number of benzene rings is 1. The number of rotatable bonds is 5. The molecule has 1 N–H and O–H groups in total. The lowest BCUT2D eigenvalue weighted by molar-refractivity contribution is 0.0176. The predicted molar refractivity (Wildman–Crippen MR) is 121 cm³/mol. The number of halogens is 1. The molecule has 0 spiro atoms. The van der Waals surface area contributed by atoms with Gasteiger partial charge in [-0.2, -0.15) is 0 Å². The third kappa shape index (κ3) is 5.11. The van der Waals surface area contributed by atoms with Gasteiger partial charge < -0.3 is 19.9 Å². The van der Waals surface area contributed by atoms with Crippen molar-refractivity contribution >= 4 is 23.0 Å². The summed E-state index contributed by atoms with van der Waals surface area (Å²) >= 11 is 1.81. The molecule has 1 unspecified atom stereocenters. The molecule has 0 aliphatic carbocycles. The van der Waals surface area contributed by atoms with Gasteiger partial charge in [-0.15, -0.1) is 11.3 Å². The van der Waals surface area contributed by atoms with E-state index in [-0.39, 0.29) is 5.82 Å². The Kier molecular flexibility index (Phi) is 7.20. The molecule has 4 rings (SSSR count). The second-order valence-electron chi connectivity index (χ2n) is 7.56. The SMILES string of the molecule is CN=C(NCC(c1cccs1)N1CCOCC1)N1CCN(c2ccc(F)cc2)CC1. The highest BCUT2D eigenvalue weighted by Crippen LogP contribution is 2.25. The lowest BCUT2D eigenvalue weighted by Crippen LogP contribution is -2.54. The van der Waals surface area contributed by atoms with Crippen molar-refractivity contribution in [1.29, 1.82) is 0 Å². The first-order valence-electron chi connectivity index (χ1n) is 10.6. The average Bonchev–Trinajstić information content (AvgIpc) is 3.33. The summed E-state index contributed by atoms with van der Waals surface area (Å²) in [5.41, 5.74) is 1.07. The Morgan fingerprint density at radius 2 is 1.83 bits per heavy atom. The van der Waals surface area contributed by atoms with Crippen LogP contribution >= 0.6 is 11.3 Å². The molecule has 162 valence electrons. The van der Waals surface area contributed by atoms with Crippen LogP contribution in [0.1, 0.15) is 10.9 Å². The maximum atomic E-state index is 13.2. The van der Waals surface area contributed by atoms with Crippen LogP contribution in [0.4, 0.5) is 10.1 Å². The van der Waals surface area contributed by atoms with E-state index in [1.54, 1.807) is 0 Å². The molecule has 6 nitrogen and oxygen atoms in total. The van der Waals surface area contributed by atoms with Gasteiger partial charge in [-0.25, -0.2) is 4.39 Å². The Morgan fingerprint density at radius 3 is 2.47 bits per heavy atom. The van der Waals surface area contributed by atoms with E-state index in [2.05, 4.69) is 42.5 Å². The summed E-state index contributed by atoms with van der Waals surface area (Å²) in [4.78, 5) is 13.0. The molecule has 2 saturated heterocycles. The second-order valence-corrected chi connectivity index (χ2v) is 8.54. The van der Waals surface area contributed by atoms with Gasteiger partial charge in [0.25, 0.3) is 0 Å². The monoisotopic (exact) mass is 431 g/mol. The lowest BCUT2D eigenvalue weighted by Gasteiger charge is -2.39. The Morgan fingerprint density at radius 1 is 1.10 bits per heavy atom. The molecule has 0 bridgehead atoms. The summed E-state index contributed by atoms with van der Waals surface area (Å²) in [5, 5.41) is 5.76. The molecule has 30 heavy (non-hydrogen) atoms. The molecule has 0 saturated carbocycles. The van der Waals surface area contributed by atoms with E-state index in [1.807, 2.05) is 30.5 Å². The van der Waals surface area contributed by atoms with Gasteiger partial charge in [0, 0.05) is 63.4 Å². The molecular weight excluding hydrogens is 401 g/mol. The number of thiophene rings is 1. The van der Waals surface area contributed by atoms with Crippen LogP contribution in [0, 0.1) is 5.82 Å². The summed E-state index contributed by atoms with van der Waals surface area (Å²) in [6, 6.07) is 11.4. The van der Waals surface area contributed by atoms with E-state index < -0.39 is 0 Å². The van der Waals surface area contributed by atoms with Crippen molar-refractivity contribution in [1.82, 2.24) is 15.1 Å². The summed E-state index contributed by atoms with van der Waals surface area (Å²) in [7, 11) is 1.85. The van der Waals surface area contributed by atoms with Crippen LogP contribution in [-0.4, -0.2) is 81.8 Å². The fraction of sp³-hybridized carbons (Fsp3) is 0.500. The third-order valence-electron chi connectivity index (χ3n) is 5.79. The summed E-state index contributed by atoms with van der Waals surface area (Å²) in [5.74, 6) is 0.756. The number of piperazine rings is 1. The van der Waals surface area contributed by atoms with Crippen molar-refractivity contribution in [3.05, 3.63) is 52.5 Å². The smallest absolute Gasteiger partial charge is 0.193 e. The molecule has 1 atom stereocenters. The number of morpholine rings is 1. The third-order valence-corrected chi connectivity index (χ3v) is 6.77. The molecule has 2 aromatic rings. The highest BCUT2D eigenvalue weighted by atomic mass is 32.1. The first-order chi connectivity index (χ1) is 14.7. The van der Waals surface area contributed by atoms with E-state index in [0.717, 1.165) is 70.7 Å². The predicted octanol–water partition coefficient (Wildman–Crippen LogP) is 2.66. The van der Waals surface area contributed by atoms with E-state index >= 15 is 0 Å². The van der Waals surface area contributed by atoms with Gasteiger partial charge in [-0.3, -0.25) is 9.89 Å². The van der Waals surface area contributed by atoms with Crippen molar-refractivity contribution in [2.45, 2.75) is 6.04 Å². The fourth-order valence-corrected chi connectivity index (χ4v) is 4.99. The highest BCUT2D eigenvalue weighted by molar-refractivity contribution is 7.10. The number of nitrogens with zero attached hydrogens (tertiary/aromatic N) is 4. The molecule has 1 aromatic carbocycles. The van der Waals surface area contributed by atoms with E-state index in [1.165, 1.54) is 17.0 Å². The first-order valence-corrected chi connectivity index (χ1v) is 11.4. The van der Waals surface area contributed by atoms with Crippen LogP contribution in [0.25, 0.3) is 0 Å². The topological polar surface area (TPSA) is 43.3 Å². The first kappa shape index (κ1) is 21.1. The zero-order valence-electron chi connectivity index (χ0n) is 17.5. The van der Waals surface area contributed by atoms with Crippen LogP contribution in [-0.2, 0) is 4.74 Å². The number of ether oxygens (including phenoxy) is 1. The molecule has 0 radical (unpaired) electrons.